The van der Waals surface area contributed by atoms with Crippen LogP contribution in [0.2, 0.25) is 0 Å². The van der Waals surface area contributed by atoms with E-state index < -0.39 is 16.8 Å². The van der Waals surface area contributed by atoms with Gasteiger partial charge >= 0.3 is 0 Å². The Bertz CT molecular complexity index is 128. The van der Waals surface area contributed by atoms with E-state index in [0.29, 0.717) is 0 Å². The first kappa shape index (κ1) is 9.78. The van der Waals surface area contributed by atoms with Crippen molar-refractivity contribution in [2.75, 3.05) is 6.26 Å². The smallest absolute Gasteiger partial charge is 0.266 e. The van der Waals surface area contributed by atoms with E-state index in [1.807, 2.05) is 0 Å². The van der Waals surface area contributed by atoms with Crippen molar-refractivity contribution < 1.29 is 9.35 Å². The monoisotopic (exact) mass is 163 g/mol. The molecule has 0 aromatic rings. The van der Waals surface area contributed by atoms with Gasteiger partial charge in [0.1, 0.15) is 6.26 Å². The molecule has 1 amide bonds. The molecule has 0 aliphatic heterocycles. The molecule has 0 aromatic heterocycles. The zero-order valence-electron chi connectivity index (χ0n) is 6.72. The van der Waals surface area contributed by atoms with Crippen LogP contribution in [0, 0.1) is 5.41 Å². The molecule has 4 heteroatoms. The van der Waals surface area contributed by atoms with Gasteiger partial charge in [-0.2, -0.15) is 4.72 Å². The molecule has 3 nitrogen and oxygen atoms in total. The van der Waals surface area contributed by atoms with E-state index >= 15 is 0 Å². The predicted octanol–water partition coefficient (Wildman–Crippen LogP) is 0.442. The SMILES string of the molecule is C[S@@+]([O-])NC(=O)C(C)(C)C. The third-order valence-corrected chi connectivity index (χ3v) is 1.39. The molecule has 0 saturated heterocycles. The van der Waals surface area contributed by atoms with Crippen LogP contribution in [0.25, 0.3) is 0 Å². The number of amides is 1. The fourth-order valence-corrected chi connectivity index (χ4v) is 0.851. The van der Waals surface area contributed by atoms with E-state index in [4.69, 9.17) is 0 Å². The first-order valence-electron chi connectivity index (χ1n) is 2.98. The van der Waals surface area contributed by atoms with Gasteiger partial charge < -0.3 is 4.55 Å². The fourth-order valence-electron chi connectivity index (χ4n) is 0.284. The Balaban J connectivity index is 3.87. The van der Waals surface area contributed by atoms with Gasteiger partial charge in [0.25, 0.3) is 5.91 Å². The van der Waals surface area contributed by atoms with Crippen molar-refractivity contribution in [2.45, 2.75) is 20.8 Å². The number of carbonyl (C=O) groups excluding carboxylic acids is 1. The van der Waals surface area contributed by atoms with Crippen LogP contribution in [0.3, 0.4) is 0 Å². The molecule has 1 atom stereocenters. The normalized spacial score (nSPS) is 14.5. The second-order valence-corrected chi connectivity index (χ2v) is 4.25. The highest BCUT2D eigenvalue weighted by molar-refractivity contribution is 7.89. The van der Waals surface area contributed by atoms with Crippen molar-refractivity contribution in [3.8, 4) is 0 Å². The highest BCUT2D eigenvalue weighted by Gasteiger charge is 2.23. The molecule has 0 saturated carbocycles. The van der Waals surface area contributed by atoms with E-state index in [-0.39, 0.29) is 5.91 Å². The summed E-state index contributed by atoms with van der Waals surface area (Å²) in [7, 11) is 0. The molecule has 0 spiro atoms. The van der Waals surface area contributed by atoms with Gasteiger partial charge in [-0.25, -0.2) is 0 Å². The molecule has 0 aliphatic rings. The lowest BCUT2D eigenvalue weighted by atomic mass is 9.96. The molecule has 0 aromatic carbocycles. The molecule has 0 unspecified atom stereocenters. The van der Waals surface area contributed by atoms with Gasteiger partial charge in [0.05, 0.1) is 11.4 Å². The summed E-state index contributed by atoms with van der Waals surface area (Å²) < 4.78 is 12.8. The molecule has 10 heavy (non-hydrogen) atoms. The minimum atomic E-state index is -1.24. The van der Waals surface area contributed by atoms with Gasteiger partial charge in [0, 0.05) is 5.41 Å². The van der Waals surface area contributed by atoms with Crippen LogP contribution < -0.4 is 4.72 Å². The van der Waals surface area contributed by atoms with E-state index in [2.05, 4.69) is 4.72 Å². The van der Waals surface area contributed by atoms with Crippen LogP contribution in [0.1, 0.15) is 20.8 Å². The summed E-state index contributed by atoms with van der Waals surface area (Å²) in [6.45, 7) is 5.32. The van der Waals surface area contributed by atoms with Gasteiger partial charge in [-0.05, 0) is 0 Å². The standard InChI is InChI=1S/C6H13NO2S/c1-6(2,3)5(8)7-10(4)9/h1-4H3,(H,7,8)/t10-/m1/s1. The Kier molecular flexibility index (Phi) is 3.18. The molecular formula is C6H13NO2S. The minimum Gasteiger partial charge on any atom is -0.593 e. The Morgan fingerprint density at radius 2 is 1.90 bits per heavy atom. The predicted molar refractivity (Wildman–Crippen MR) is 41.7 cm³/mol. The van der Waals surface area contributed by atoms with Gasteiger partial charge in [-0.15, -0.1) is 0 Å². The number of carbonyl (C=O) groups is 1. The molecular weight excluding hydrogens is 150 g/mol. The first-order chi connectivity index (χ1) is 4.34. The maximum Gasteiger partial charge on any atom is 0.266 e. The minimum absolute atomic E-state index is 0.187. The van der Waals surface area contributed by atoms with E-state index in [9.17, 15) is 9.35 Å². The Morgan fingerprint density at radius 1 is 1.50 bits per heavy atom. The maximum absolute atomic E-state index is 11.0. The summed E-state index contributed by atoms with van der Waals surface area (Å²) in [5.74, 6) is -0.187. The first-order valence-corrected chi connectivity index (χ1v) is 4.54. The van der Waals surface area contributed by atoms with E-state index in [1.165, 1.54) is 6.26 Å². The molecule has 1 N–H and O–H groups in total. The summed E-state index contributed by atoms with van der Waals surface area (Å²) in [5.41, 5.74) is -0.453. The number of nitrogens with one attached hydrogen (secondary N) is 1. The van der Waals surface area contributed by atoms with Gasteiger partial charge in [0.2, 0.25) is 0 Å². The summed E-state index contributed by atoms with van der Waals surface area (Å²) >= 11 is -1.24. The van der Waals surface area contributed by atoms with Crippen LogP contribution in [0.5, 0.6) is 0 Å². The molecule has 0 heterocycles. The topological polar surface area (TPSA) is 52.2 Å². The lowest BCUT2D eigenvalue weighted by molar-refractivity contribution is -0.126. The van der Waals surface area contributed by atoms with Crippen LogP contribution >= 0.6 is 0 Å². The molecule has 0 radical (unpaired) electrons. The molecule has 0 rings (SSSR count). The zero-order chi connectivity index (χ0) is 8.36. The fraction of sp³-hybridized carbons (Fsp3) is 0.833. The Morgan fingerprint density at radius 3 is 2.00 bits per heavy atom. The van der Waals surface area contributed by atoms with Crippen LogP contribution in [-0.2, 0) is 16.2 Å². The average molecular weight is 163 g/mol. The highest BCUT2D eigenvalue weighted by atomic mass is 32.2. The summed E-state index contributed by atoms with van der Waals surface area (Å²) in [6.07, 6.45) is 1.43. The van der Waals surface area contributed by atoms with Crippen molar-refractivity contribution in [3.05, 3.63) is 0 Å². The summed E-state index contributed by atoms with van der Waals surface area (Å²) in [4.78, 5) is 11.0. The van der Waals surface area contributed by atoms with Gasteiger partial charge in [0.15, 0.2) is 0 Å². The third-order valence-electron chi connectivity index (χ3n) is 0.918. The van der Waals surface area contributed by atoms with Crippen LogP contribution in [-0.4, -0.2) is 16.7 Å². The summed E-state index contributed by atoms with van der Waals surface area (Å²) in [6, 6.07) is 0. The van der Waals surface area contributed by atoms with E-state index in [0.717, 1.165) is 0 Å². The maximum atomic E-state index is 11.0. The Labute approximate surface area is 64.5 Å². The zero-order valence-corrected chi connectivity index (χ0v) is 7.54. The van der Waals surface area contributed by atoms with Crippen LogP contribution in [0.4, 0.5) is 0 Å². The lowest BCUT2D eigenvalue weighted by Crippen LogP contribution is -2.38. The lowest BCUT2D eigenvalue weighted by Gasteiger charge is -2.16. The molecule has 0 aliphatic carbocycles. The van der Waals surface area contributed by atoms with Gasteiger partial charge in [-0.3, -0.25) is 4.79 Å². The molecule has 60 valence electrons. The van der Waals surface area contributed by atoms with E-state index in [1.54, 1.807) is 20.8 Å². The Hall–Kier alpha value is -0.220. The van der Waals surface area contributed by atoms with Crippen molar-refractivity contribution in [2.24, 2.45) is 5.41 Å². The average Bonchev–Trinajstić information content (AvgIpc) is 1.60. The third kappa shape index (κ3) is 3.74. The summed E-state index contributed by atoms with van der Waals surface area (Å²) in [5, 5.41) is 0. The molecule has 0 bridgehead atoms. The van der Waals surface area contributed by atoms with Crippen molar-refractivity contribution in [1.82, 2.24) is 4.72 Å². The second kappa shape index (κ2) is 3.25. The second-order valence-electron chi connectivity index (χ2n) is 3.14. The molecule has 0 fully saturated rings. The van der Waals surface area contributed by atoms with Crippen molar-refractivity contribution in [1.29, 1.82) is 0 Å². The van der Waals surface area contributed by atoms with Gasteiger partial charge in [-0.1, -0.05) is 20.8 Å². The van der Waals surface area contributed by atoms with Crippen molar-refractivity contribution in [3.63, 3.8) is 0 Å². The van der Waals surface area contributed by atoms with Crippen LogP contribution in [0.15, 0.2) is 0 Å². The largest absolute Gasteiger partial charge is 0.593 e. The van der Waals surface area contributed by atoms with Crippen molar-refractivity contribution >= 4 is 17.3 Å². The number of hydrogen-bond acceptors (Lipinski definition) is 2. The number of rotatable bonds is 1. The quantitative estimate of drug-likeness (QED) is 0.570. The highest BCUT2D eigenvalue weighted by Crippen LogP contribution is 2.12. The number of hydrogen-bond donors (Lipinski definition) is 1.